The number of ether oxygens (including phenoxy) is 1. The van der Waals surface area contributed by atoms with E-state index in [1.807, 2.05) is 11.9 Å². The van der Waals surface area contributed by atoms with Crippen molar-refractivity contribution in [2.24, 2.45) is 5.92 Å². The summed E-state index contributed by atoms with van der Waals surface area (Å²) < 4.78 is 5.00. The zero-order valence-electron chi connectivity index (χ0n) is 16.7. The van der Waals surface area contributed by atoms with E-state index in [9.17, 15) is 9.59 Å². The maximum atomic E-state index is 12.8. The number of rotatable bonds is 3. The Morgan fingerprint density at radius 3 is 2.33 bits per heavy atom. The summed E-state index contributed by atoms with van der Waals surface area (Å²) in [5.74, 6) is 0.782. The van der Waals surface area contributed by atoms with Gasteiger partial charge in [0, 0.05) is 19.0 Å². The molecule has 0 bridgehead atoms. The van der Waals surface area contributed by atoms with Crippen LogP contribution in [-0.4, -0.2) is 42.1 Å². The molecule has 1 aromatic carbocycles. The summed E-state index contributed by atoms with van der Waals surface area (Å²) in [5.41, 5.74) is 2.64. The molecule has 0 radical (unpaired) electrons. The van der Waals surface area contributed by atoms with Crippen molar-refractivity contribution in [3.05, 3.63) is 35.4 Å². The van der Waals surface area contributed by atoms with E-state index >= 15 is 0 Å². The summed E-state index contributed by atoms with van der Waals surface area (Å²) >= 11 is 0. The molecule has 2 saturated carbocycles. The topological polar surface area (TPSA) is 58.6 Å². The molecule has 3 fully saturated rings. The molecule has 5 nitrogen and oxygen atoms in total. The third kappa shape index (κ3) is 3.32. The molecule has 0 aromatic heterocycles. The average molecular weight is 370 g/mol. The lowest BCUT2D eigenvalue weighted by Gasteiger charge is -2.47. The van der Waals surface area contributed by atoms with Crippen LogP contribution in [0.4, 0.5) is 4.79 Å². The van der Waals surface area contributed by atoms with Crippen LogP contribution in [0.15, 0.2) is 24.3 Å². The fourth-order valence-corrected chi connectivity index (χ4v) is 4.67. The molecule has 0 unspecified atom stereocenters. The SMILES string of the molecule is CN(C(=O)C1CC2(COC(=O)N2)C1)C1CC(c2ccc(C(C)(C)C)cc2)C1. The second-order valence-corrected chi connectivity index (χ2v) is 9.73. The van der Waals surface area contributed by atoms with Crippen LogP contribution in [0.2, 0.25) is 0 Å². The Morgan fingerprint density at radius 2 is 1.81 bits per heavy atom. The van der Waals surface area contributed by atoms with Crippen molar-refractivity contribution in [2.75, 3.05) is 13.7 Å². The van der Waals surface area contributed by atoms with Crippen molar-refractivity contribution in [3.8, 4) is 0 Å². The number of amides is 2. The smallest absolute Gasteiger partial charge is 0.407 e. The van der Waals surface area contributed by atoms with Gasteiger partial charge in [0.2, 0.25) is 5.91 Å². The van der Waals surface area contributed by atoms with E-state index in [-0.39, 0.29) is 28.9 Å². The van der Waals surface area contributed by atoms with E-state index in [0.717, 1.165) is 12.8 Å². The number of carbonyl (C=O) groups excluding carboxylic acids is 2. The molecular formula is C22H30N2O3. The number of nitrogens with one attached hydrogen (secondary N) is 1. The Bertz CT molecular complexity index is 738. The Labute approximate surface area is 161 Å². The minimum Gasteiger partial charge on any atom is -0.447 e. The third-order valence-electron chi connectivity index (χ3n) is 6.73. The molecule has 5 heteroatoms. The molecule has 1 heterocycles. The van der Waals surface area contributed by atoms with Crippen LogP contribution in [0, 0.1) is 5.92 Å². The molecule has 27 heavy (non-hydrogen) atoms. The normalized spacial score (nSPS) is 32.3. The summed E-state index contributed by atoms with van der Waals surface area (Å²) in [6.45, 7) is 7.09. The molecule has 0 atom stereocenters. The maximum Gasteiger partial charge on any atom is 0.407 e. The van der Waals surface area contributed by atoms with Crippen molar-refractivity contribution in [3.63, 3.8) is 0 Å². The van der Waals surface area contributed by atoms with Gasteiger partial charge in [-0.2, -0.15) is 0 Å². The summed E-state index contributed by atoms with van der Waals surface area (Å²) in [6.07, 6.45) is 3.12. The molecule has 3 aliphatic rings. The van der Waals surface area contributed by atoms with Crippen LogP contribution >= 0.6 is 0 Å². The molecule has 1 saturated heterocycles. The third-order valence-corrected chi connectivity index (χ3v) is 6.73. The number of benzene rings is 1. The van der Waals surface area contributed by atoms with Crippen molar-refractivity contribution in [2.45, 2.75) is 69.4 Å². The molecular weight excluding hydrogens is 340 g/mol. The molecule has 2 amide bonds. The second-order valence-electron chi connectivity index (χ2n) is 9.73. The summed E-state index contributed by atoms with van der Waals surface area (Å²) in [4.78, 5) is 25.9. The largest absolute Gasteiger partial charge is 0.447 e. The lowest BCUT2D eigenvalue weighted by Crippen LogP contribution is -2.59. The molecule has 4 rings (SSSR count). The highest BCUT2D eigenvalue weighted by Crippen LogP contribution is 2.44. The zero-order chi connectivity index (χ0) is 19.4. The fourth-order valence-electron chi connectivity index (χ4n) is 4.67. The van der Waals surface area contributed by atoms with Crippen LogP contribution in [-0.2, 0) is 14.9 Å². The molecule has 1 aromatic rings. The number of hydrogen-bond donors (Lipinski definition) is 1. The molecule has 146 valence electrons. The van der Waals surface area contributed by atoms with Crippen LogP contribution in [0.5, 0.6) is 0 Å². The number of cyclic esters (lactones) is 1. The van der Waals surface area contributed by atoms with Gasteiger partial charge in [0.25, 0.3) is 0 Å². The van der Waals surface area contributed by atoms with Crippen LogP contribution in [0.3, 0.4) is 0 Å². The molecule has 1 spiro atoms. The van der Waals surface area contributed by atoms with Gasteiger partial charge in [-0.3, -0.25) is 4.79 Å². The molecule has 1 N–H and O–H groups in total. The standard InChI is InChI=1S/C22H30N2O3/c1-21(2,3)17-7-5-14(6-8-17)15-9-18(10-15)24(4)19(25)16-11-22(12-16)13-27-20(26)23-22/h5-8,15-16,18H,9-13H2,1-4H3,(H,23,26). The predicted octanol–water partition coefficient (Wildman–Crippen LogP) is 3.58. The van der Waals surface area contributed by atoms with Crippen molar-refractivity contribution in [1.82, 2.24) is 10.2 Å². The van der Waals surface area contributed by atoms with Gasteiger partial charge in [-0.15, -0.1) is 0 Å². The predicted molar refractivity (Wildman–Crippen MR) is 104 cm³/mol. The van der Waals surface area contributed by atoms with Gasteiger partial charge in [0.05, 0.1) is 5.54 Å². The molecule has 1 aliphatic heterocycles. The van der Waals surface area contributed by atoms with E-state index in [1.165, 1.54) is 11.1 Å². The highest BCUT2D eigenvalue weighted by atomic mass is 16.6. The lowest BCUT2D eigenvalue weighted by atomic mass is 9.67. The monoisotopic (exact) mass is 370 g/mol. The van der Waals surface area contributed by atoms with Crippen LogP contribution in [0.25, 0.3) is 0 Å². The van der Waals surface area contributed by atoms with Crippen molar-refractivity contribution in [1.29, 1.82) is 0 Å². The quantitative estimate of drug-likeness (QED) is 0.885. The van der Waals surface area contributed by atoms with Gasteiger partial charge in [-0.1, -0.05) is 45.0 Å². The minimum atomic E-state index is -0.353. The summed E-state index contributed by atoms with van der Waals surface area (Å²) in [7, 11) is 1.93. The lowest BCUT2D eigenvalue weighted by molar-refractivity contribution is -0.143. The van der Waals surface area contributed by atoms with Crippen molar-refractivity contribution >= 4 is 12.0 Å². The van der Waals surface area contributed by atoms with E-state index in [0.29, 0.717) is 31.4 Å². The number of hydrogen-bond acceptors (Lipinski definition) is 3. The maximum absolute atomic E-state index is 12.8. The first-order valence-electron chi connectivity index (χ1n) is 9.99. The summed E-state index contributed by atoms with van der Waals surface area (Å²) in [5, 5.41) is 2.86. The zero-order valence-corrected chi connectivity index (χ0v) is 16.7. The number of alkyl carbamates (subject to hydrolysis) is 1. The number of carbonyl (C=O) groups is 2. The minimum absolute atomic E-state index is 0.0159. The molecule has 2 aliphatic carbocycles. The Morgan fingerprint density at radius 1 is 1.19 bits per heavy atom. The summed E-state index contributed by atoms with van der Waals surface area (Å²) in [6, 6.07) is 9.31. The second kappa shape index (κ2) is 6.25. The number of nitrogens with zero attached hydrogens (tertiary/aromatic N) is 1. The fraction of sp³-hybridized carbons (Fsp3) is 0.636. The van der Waals surface area contributed by atoms with Gasteiger partial charge in [-0.25, -0.2) is 4.79 Å². The first-order valence-corrected chi connectivity index (χ1v) is 9.99. The Hall–Kier alpha value is -2.04. The van der Waals surface area contributed by atoms with Gasteiger partial charge >= 0.3 is 6.09 Å². The van der Waals surface area contributed by atoms with E-state index in [2.05, 4.69) is 50.4 Å². The highest BCUT2D eigenvalue weighted by molar-refractivity contribution is 5.81. The van der Waals surface area contributed by atoms with E-state index < -0.39 is 0 Å². The van der Waals surface area contributed by atoms with Crippen LogP contribution < -0.4 is 5.32 Å². The highest BCUT2D eigenvalue weighted by Gasteiger charge is 2.53. The van der Waals surface area contributed by atoms with Gasteiger partial charge in [0.1, 0.15) is 6.61 Å². The van der Waals surface area contributed by atoms with Gasteiger partial charge in [0.15, 0.2) is 0 Å². The Kier molecular flexibility index (Phi) is 4.24. The average Bonchev–Trinajstić information content (AvgIpc) is 2.93. The van der Waals surface area contributed by atoms with Crippen molar-refractivity contribution < 1.29 is 14.3 Å². The Balaban J connectivity index is 1.28. The first kappa shape index (κ1) is 18.3. The van der Waals surface area contributed by atoms with Gasteiger partial charge < -0.3 is 15.0 Å². The van der Waals surface area contributed by atoms with E-state index in [1.54, 1.807) is 0 Å². The van der Waals surface area contributed by atoms with E-state index in [4.69, 9.17) is 4.74 Å². The van der Waals surface area contributed by atoms with Crippen LogP contribution in [0.1, 0.15) is 63.5 Å². The first-order chi connectivity index (χ1) is 12.7. The van der Waals surface area contributed by atoms with Gasteiger partial charge in [-0.05, 0) is 48.1 Å².